The molecule has 0 saturated carbocycles. The quantitative estimate of drug-likeness (QED) is 0.790. The highest BCUT2D eigenvalue weighted by Crippen LogP contribution is 2.13. The van der Waals surface area contributed by atoms with Crippen molar-refractivity contribution in [1.82, 2.24) is 0 Å². The van der Waals surface area contributed by atoms with E-state index in [1.54, 1.807) is 0 Å². The molecule has 0 amide bonds. The van der Waals surface area contributed by atoms with Crippen LogP contribution in [0.4, 0.5) is 0 Å². The van der Waals surface area contributed by atoms with Gasteiger partial charge in [-0.25, -0.2) is 0 Å². The first-order valence-electron chi connectivity index (χ1n) is 3.93. The van der Waals surface area contributed by atoms with Crippen LogP contribution in [0.15, 0.2) is 24.3 Å². The van der Waals surface area contributed by atoms with Crippen molar-refractivity contribution >= 4 is 12.4 Å². The van der Waals surface area contributed by atoms with Crippen LogP contribution in [0.25, 0.3) is 0 Å². The first-order valence-corrected chi connectivity index (χ1v) is 3.93. The molecule has 0 aliphatic heterocycles. The van der Waals surface area contributed by atoms with Gasteiger partial charge < -0.3 is 5.73 Å². The van der Waals surface area contributed by atoms with Crippen LogP contribution >= 0.6 is 12.4 Å². The van der Waals surface area contributed by atoms with Gasteiger partial charge >= 0.3 is 0 Å². The van der Waals surface area contributed by atoms with Crippen LogP contribution in [0.5, 0.6) is 0 Å². The van der Waals surface area contributed by atoms with E-state index >= 15 is 0 Å². The van der Waals surface area contributed by atoms with Crippen LogP contribution in [0.1, 0.15) is 23.6 Å². The van der Waals surface area contributed by atoms with E-state index in [0.717, 1.165) is 5.56 Å². The van der Waals surface area contributed by atoms with Crippen molar-refractivity contribution in [3.8, 4) is 6.07 Å². The zero-order valence-electron chi connectivity index (χ0n) is 7.53. The molecule has 0 aromatic heterocycles. The number of hydrogen-bond donors (Lipinski definition) is 1. The monoisotopic (exact) mass is 196 g/mol. The zero-order valence-corrected chi connectivity index (χ0v) is 8.34. The fourth-order valence-corrected chi connectivity index (χ4v) is 1.03. The molecule has 2 nitrogen and oxygen atoms in total. The van der Waals surface area contributed by atoms with Crippen LogP contribution < -0.4 is 5.73 Å². The van der Waals surface area contributed by atoms with E-state index in [0.29, 0.717) is 6.42 Å². The lowest BCUT2D eigenvalue weighted by atomic mass is 10.0. The number of nitrogens with two attached hydrogens (primary N) is 1. The molecule has 70 valence electrons. The van der Waals surface area contributed by atoms with Gasteiger partial charge in [0.2, 0.25) is 0 Å². The summed E-state index contributed by atoms with van der Waals surface area (Å²) >= 11 is 0. The molecule has 13 heavy (non-hydrogen) atoms. The Morgan fingerprint density at radius 1 is 1.38 bits per heavy atom. The molecule has 0 spiro atoms. The molecule has 1 atom stereocenters. The Bertz CT molecular complexity index is 287. The third-order valence-electron chi connectivity index (χ3n) is 1.82. The SMILES string of the molecule is Cc1ccc([C@H](N)CC#N)cc1.Cl. The van der Waals surface area contributed by atoms with Crippen LogP contribution in [0, 0.1) is 18.3 Å². The molecule has 1 rings (SSSR count). The number of hydrogen-bond acceptors (Lipinski definition) is 2. The van der Waals surface area contributed by atoms with Crippen molar-refractivity contribution in [2.24, 2.45) is 5.73 Å². The minimum atomic E-state index is -0.143. The minimum absolute atomic E-state index is 0. The Morgan fingerprint density at radius 3 is 2.38 bits per heavy atom. The Labute approximate surface area is 84.8 Å². The molecule has 0 bridgehead atoms. The maximum Gasteiger partial charge on any atom is 0.0641 e. The van der Waals surface area contributed by atoms with Gasteiger partial charge in [-0.1, -0.05) is 29.8 Å². The molecular formula is C10H13ClN2. The fourth-order valence-electron chi connectivity index (χ4n) is 1.03. The third-order valence-corrected chi connectivity index (χ3v) is 1.82. The van der Waals surface area contributed by atoms with Crippen molar-refractivity contribution in [2.45, 2.75) is 19.4 Å². The molecular weight excluding hydrogens is 184 g/mol. The first kappa shape index (κ1) is 12.0. The maximum atomic E-state index is 8.42. The first-order chi connectivity index (χ1) is 5.74. The van der Waals surface area contributed by atoms with Crippen LogP contribution in [-0.4, -0.2) is 0 Å². The van der Waals surface area contributed by atoms with E-state index < -0.39 is 0 Å². The predicted molar refractivity (Wildman–Crippen MR) is 55.6 cm³/mol. The lowest BCUT2D eigenvalue weighted by Crippen LogP contribution is -2.08. The second-order valence-corrected chi connectivity index (χ2v) is 2.88. The summed E-state index contributed by atoms with van der Waals surface area (Å²) in [7, 11) is 0. The van der Waals surface area contributed by atoms with Gasteiger partial charge in [-0.2, -0.15) is 5.26 Å². The maximum absolute atomic E-state index is 8.42. The lowest BCUT2D eigenvalue weighted by Gasteiger charge is -2.06. The summed E-state index contributed by atoms with van der Waals surface area (Å²) in [4.78, 5) is 0. The third kappa shape index (κ3) is 3.45. The summed E-state index contributed by atoms with van der Waals surface area (Å²) in [5.41, 5.74) is 7.97. The van der Waals surface area contributed by atoms with Crippen molar-refractivity contribution < 1.29 is 0 Å². The van der Waals surface area contributed by atoms with Gasteiger partial charge in [0.15, 0.2) is 0 Å². The standard InChI is InChI=1S/C10H12N2.ClH/c1-8-2-4-9(5-3-8)10(12)6-7-11;/h2-5,10H,6,12H2,1H3;1H/t10-;/m1./s1. The lowest BCUT2D eigenvalue weighted by molar-refractivity contribution is 0.748. The van der Waals surface area contributed by atoms with E-state index in [-0.39, 0.29) is 18.4 Å². The molecule has 2 N–H and O–H groups in total. The summed E-state index contributed by atoms with van der Waals surface area (Å²) in [5, 5.41) is 8.42. The van der Waals surface area contributed by atoms with E-state index in [9.17, 15) is 0 Å². The van der Waals surface area contributed by atoms with E-state index in [1.807, 2.05) is 31.2 Å². The molecule has 1 aromatic carbocycles. The van der Waals surface area contributed by atoms with Crippen molar-refractivity contribution in [2.75, 3.05) is 0 Å². The number of nitriles is 1. The molecule has 0 aliphatic rings. The summed E-state index contributed by atoms with van der Waals surface area (Å²) < 4.78 is 0. The summed E-state index contributed by atoms with van der Waals surface area (Å²) in [6, 6.07) is 9.86. The Morgan fingerprint density at radius 2 is 1.92 bits per heavy atom. The summed E-state index contributed by atoms with van der Waals surface area (Å²) in [6.45, 7) is 2.03. The van der Waals surface area contributed by atoms with Crippen molar-refractivity contribution in [1.29, 1.82) is 5.26 Å². The molecule has 0 saturated heterocycles. The van der Waals surface area contributed by atoms with Crippen molar-refractivity contribution in [3.63, 3.8) is 0 Å². The number of aryl methyl sites for hydroxylation is 1. The molecule has 0 radical (unpaired) electrons. The van der Waals surface area contributed by atoms with Gasteiger partial charge in [0.05, 0.1) is 12.5 Å². The largest absolute Gasteiger partial charge is 0.323 e. The minimum Gasteiger partial charge on any atom is -0.323 e. The number of halogens is 1. The molecule has 3 heteroatoms. The van der Waals surface area contributed by atoms with E-state index in [4.69, 9.17) is 11.0 Å². The average Bonchev–Trinajstić information content (AvgIpc) is 2.06. The molecule has 0 unspecified atom stereocenters. The molecule has 0 aliphatic carbocycles. The highest BCUT2D eigenvalue weighted by Gasteiger charge is 2.03. The smallest absolute Gasteiger partial charge is 0.0641 e. The normalized spacial score (nSPS) is 11.2. The summed E-state index contributed by atoms with van der Waals surface area (Å²) in [5.74, 6) is 0. The van der Waals surface area contributed by atoms with Gasteiger partial charge in [0.1, 0.15) is 0 Å². The predicted octanol–water partition coefficient (Wildman–Crippen LogP) is 2.33. The highest BCUT2D eigenvalue weighted by atomic mass is 35.5. The van der Waals surface area contributed by atoms with Crippen molar-refractivity contribution in [3.05, 3.63) is 35.4 Å². The second-order valence-electron chi connectivity index (χ2n) is 2.88. The number of nitrogens with zero attached hydrogens (tertiary/aromatic N) is 1. The van der Waals surface area contributed by atoms with Gasteiger partial charge in [-0.05, 0) is 12.5 Å². The fraction of sp³-hybridized carbons (Fsp3) is 0.300. The topological polar surface area (TPSA) is 49.8 Å². The zero-order chi connectivity index (χ0) is 8.97. The highest BCUT2D eigenvalue weighted by molar-refractivity contribution is 5.85. The van der Waals surface area contributed by atoms with Gasteiger partial charge in [0.25, 0.3) is 0 Å². The van der Waals surface area contributed by atoms with Gasteiger partial charge in [-0.15, -0.1) is 12.4 Å². The molecule has 1 aromatic rings. The van der Waals surface area contributed by atoms with E-state index in [2.05, 4.69) is 6.07 Å². The number of rotatable bonds is 2. The van der Waals surface area contributed by atoms with Crippen LogP contribution in [0.3, 0.4) is 0 Å². The number of benzene rings is 1. The average molecular weight is 197 g/mol. The Kier molecular flexibility index (Phi) is 5.13. The molecule has 0 fully saturated rings. The van der Waals surface area contributed by atoms with Crippen LogP contribution in [0.2, 0.25) is 0 Å². The Hall–Kier alpha value is -1.04. The van der Waals surface area contributed by atoms with Crippen LogP contribution in [-0.2, 0) is 0 Å². The van der Waals surface area contributed by atoms with Gasteiger partial charge in [-0.3, -0.25) is 0 Å². The second kappa shape index (κ2) is 5.58. The molecule has 0 heterocycles. The Balaban J connectivity index is 0.00000144. The summed E-state index contributed by atoms with van der Waals surface area (Å²) in [6.07, 6.45) is 0.378. The van der Waals surface area contributed by atoms with Gasteiger partial charge in [0, 0.05) is 6.04 Å². The van der Waals surface area contributed by atoms with E-state index in [1.165, 1.54) is 5.56 Å².